The van der Waals surface area contributed by atoms with Gasteiger partial charge in [0.05, 0.1) is 18.6 Å². The molecule has 0 amide bonds. The van der Waals surface area contributed by atoms with E-state index in [1.807, 2.05) is 6.92 Å². The number of hydrogen-bond donors (Lipinski definition) is 2. The van der Waals surface area contributed by atoms with Crippen LogP contribution < -0.4 is 0 Å². The molecule has 1 unspecified atom stereocenters. The average molecular weight is 192 g/mol. The molecule has 80 valence electrons. The number of hydrogen-bond acceptors (Lipinski definition) is 4. The summed E-state index contributed by atoms with van der Waals surface area (Å²) >= 11 is 0. The van der Waals surface area contributed by atoms with Gasteiger partial charge in [-0.05, 0) is 20.3 Å². The van der Waals surface area contributed by atoms with Crippen LogP contribution in [0.4, 0.5) is 0 Å². The number of rotatable bonds is 6. The van der Waals surface area contributed by atoms with Crippen molar-refractivity contribution < 1.29 is 19.7 Å². The Morgan fingerprint density at radius 2 is 1.85 bits per heavy atom. The van der Waals surface area contributed by atoms with E-state index in [4.69, 9.17) is 14.6 Å². The highest BCUT2D eigenvalue weighted by atomic mass is 16.8. The van der Waals surface area contributed by atoms with Gasteiger partial charge in [-0.1, -0.05) is 6.92 Å². The Bertz CT molecular complexity index is 147. The van der Waals surface area contributed by atoms with Gasteiger partial charge in [0.15, 0.2) is 0 Å². The van der Waals surface area contributed by atoms with E-state index in [9.17, 15) is 5.11 Å². The van der Waals surface area contributed by atoms with E-state index in [1.54, 1.807) is 13.8 Å². The molecule has 0 aromatic rings. The summed E-state index contributed by atoms with van der Waals surface area (Å²) in [5, 5.41) is 18.9. The summed E-state index contributed by atoms with van der Waals surface area (Å²) in [5.74, 6) is -1.71. The van der Waals surface area contributed by atoms with Crippen molar-refractivity contribution in [2.45, 2.75) is 33.2 Å². The molecule has 1 atom stereocenters. The van der Waals surface area contributed by atoms with E-state index >= 15 is 0 Å². The second-order valence-corrected chi connectivity index (χ2v) is 3.68. The van der Waals surface area contributed by atoms with Crippen LogP contribution in [0.25, 0.3) is 0 Å². The molecule has 0 saturated carbocycles. The van der Waals surface area contributed by atoms with E-state index < -0.39 is 11.4 Å². The lowest BCUT2D eigenvalue weighted by Gasteiger charge is -2.38. The molecule has 0 spiro atoms. The van der Waals surface area contributed by atoms with Gasteiger partial charge in [-0.25, -0.2) is 0 Å². The maximum Gasteiger partial charge on any atom is 0.287 e. The minimum Gasteiger partial charge on any atom is -0.395 e. The van der Waals surface area contributed by atoms with E-state index in [-0.39, 0.29) is 6.61 Å². The van der Waals surface area contributed by atoms with Gasteiger partial charge < -0.3 is 19.7 Å². The van der Waals surface area contributed by atoms with E-state index in [1.165, 1.54) is 7.11 Å². The van der Waals surface area contributed by atoms with Crippen molar-refractivity contribution >= 4 is 0 Å². The summed E-state index contributed by atoms with van der Waals surface area (Å²) in [5.41, 5.74) is -0.836. The number of ether oxygens (including phenoxy) is 2. The maximum absolute atomic E-state index is 9.87. The molecule has 4 nitrogen and oxygen atoms in total. The van der Waals surface area contributed by atoms with Crippen LogP contribution in [0.1, 0.15) is 27.2 Å². The third-order valence-corrected chi connectivity index (χ3v) is 2.03. The first-order chi connectivity index (χ1) is 5.93. The molecule has 0 saturated heterocycles. The fourth-order valence-corrected chi connectivity index (χ4v) is 0.871. The third-order valence-electron chi connectivity index (χ3n) is 2.03. The molecule has 0 rings (SSSR count). The van der Waals surface area contributed by atoms with Gasteiger partial charge in [0.25, 0.3) is 5.97 Å². The Morgan fingerprint density at radius 3 is 2.15 bits per heavy atom. The highest BCUT2D eigenvalue weighted by Gasteiger charge is 2.45. The highest BCUT2D eigenvalue weighted by Crippen LogP contribution is 2.32. The molecular formula is C9H20O4. The van der Waals surface area contributed by atoms with Gasteiger partial charge in [0, 0.05) is 7.11 Å². The summed E-state index contributed by atoms with van der Waals surface area (Å²) in [6.45, 7) is 5.47. The first-order valence-electron chi connectivity index (χ1n) is 4.46. The molecule has 4 heteroatoms. The van der Waals surface area contributed by atoms with Crippen molar-refractivity contribution in [1.29, 1.82) is 0 Å². The van der Waals surface area contributed by atoms with E-state index in [0.717, 1.165) is 6.42 Å². The Morgan fingerprint density at radius 1 is 1.31 bits per heavy atom. The second kappa shape index (κ2) is 4.91. The molecule has 0 heterocycles. The SMILES string of the molecule is CCCOC(O)(OC)C(C)(C)CO. The third kappa shape index (κ3) is 2.91. The van der Waals surface area contributed by atoms with Crippen molar-refractivity contribution in [2.24, 2.45) is 5.41 Å². The smallest absolute Gasteiger partial charge is 0.287 e. The summed E-state index contributed by atoms with van der Waals surface area (Å²) < 4.78 is 10.0. The highest BCUT2D eigenvalue weighted by molar-refractivity contribution is 4.77. The Kier molecular flexibility index (Phi) is 4.85. The minimum absolute atomic E-state index is 0.207. The van der Waals surface area contributed by atoms with Crippen LogP contribution in [-0.2, 0) is 9.47 Å². The number of aliphatic hydroxyl groups excluding tert-OH is 1. The molecule has 0 bridgehead atoms. The molecule has 2 N–H and O–H groups in total. The van der Waals surface area contributed by atoms with Crippen LogP contribution in [-0.4, -0.2) is 36.5 Å². The Balaban J connectivity index is 4.42. The lowest BCUT2D eigenvalue weighted by molar-refractivity contribution is -0.403. The van der Waals surface area contributed by atoms with Crippen LogP contribution >= 0.6 is 0 Å². The van der Waals surface area contributed by atoms with Crippen LogP contribution in [0.2, 0.25) is 0 Å². The van der Waals surface area contributed by atoms with Crippen LogP contribution in [0, 0.1) is 5.41 Å². The van der Waals surface area contributed by atoms with E-state index in [2.05, 4.69) is 0 Å². The summed E-state index contributed by atoms with van der Waals surface area (Å²) in [7, 11) is 1.35. The zero-order chi connectivity index (χ0) is 10.5. The van der Waals surface area contributed by atoms with Gasteiger partial charge >= 0.3 is 0 Å². The topological polar surface area (TPSA) is 58.9 Å². The van der Waals surface area contributed by atoms with Crippen molar-refractivity contribution in [1.82, 2.24) is 0 Å². The van der Waals surface area contributed by atoms with Gasteiger partial charge in [-0.2, -0.15) is 0 Å². The van der Waals surface area contributed by atoms with Crippen molar-refractivity contribution in [3.8, 4) is 0 Å². The zero-order valence-electron chi connectivity index (χ0n) is 8.83. The zero-order valence-corrected chi connectivity index (χ0v) is 8.83. The standard InChI is InChI=1S/C9H20O4/c1-5-6-13-9(11,12-4)8(2,3)7-10/h10-11H,5-7H2,1-4H3. The molecule has 0 aromatic heterocycles. The maximum atomic E-state index is 9.87. The fraction of sp³-hybridized carbons (Fsp3) is 1.00. The van der Waals surface area contributed by atoms with Gasteiger partial charge in [0.2, 0.25) is 0 Å². The number of methoxy groups -OCH3 is 1. The van der Waals surface area contributed by atoms with Gasteiger partial charge in [0.1, 0.15) is 0 Å². The Hall–Kier alpha value is -0.160. The average Bonchev–Trinajstić information content (AvgIpc) is 2.13. The molecule has 0 aromatic carbocycles. The summed E-state index contributed by atoms with van der Waals surface area (Å²) in [6, 6.07) is 0. The molecule has 0 aliphatic carbocycles. The molecule has 0 aliphatic heterocycles. The van der Waals surface area contributed by atoms with Crippen molar-refractivity contribution in [3.63, 3.8) is 0 Å². The number of aliphatic hydroxyl groups is 2. The van der Waals surface area contributed by atoms with Crippen LogP contribution in [0.3, 0.4) is 0 Å². The monoisotopic (exact) mass is 192 g/mol. The predicted molar refractivity (Wildman–Crippen MR) is 49.1 cm³/mol. The molecular weight excluding hydrogens is 172 g/mol. The minimum atomic E-state index is -1.71. The van der Waals surface area contributed by atoms with Crippen molar-refractivity contribution in [2.75, 3.05) is 20.3 Å². The van der Waals surface area contributed by atoms with Gasteiger partial charge in [-0.3, -0.25) is 0 Å². The summed E-state index contributed by atoms with van der Waals surface area (Å²) in [6.07, 6.45) is 0.785. The van der Waals surface area contributed by atoms with Crippen LogP contribution in [0.5, 0.6) is 0 Å². The summed E-state index contributed by atoms with van der Waals surface area (Å²) in [4.78, 5) is 0. The second-order valence-electron chi connectivity index (χ2n) is 3.68. The first kappa shape index (κ1) is 12.8. The fourth-order valence-electron chi connectivity index (χ4n) is 0.871. The van der Waals surface area contributed by atoms with Crippen molar-refractivity contribution in [3.05, 3.63) is 0 Å². The first-order valence-corrected chi connectivity index (χ1v) is 4.46. The lowest BCUT2D eigenvalue weighted by Crippen LogP contribution is -2.51. The Labute approximate surface area is 79.5 Å². The van der Waals surface area contributed by atoms with Crippen LogP contribution in [0.15, 0.2) is 0 Å². The molecule has 13 heavy (non-hydrogen) atoms. The normalized spacial score (nSPS) is 17.1. The predicted octanol–water partition coefficient (Wildman–Crippen LogP) is 0.724. The largest absolute Gasteiger partial charge is 0.395 e. The van der Waals surface area contributed by atoms with Gasteiger partial charge in [-0.15, -0.1) is 0 Å². The molecule has 0 radical (unpaired) electrons. The molecule has 0 fully saturated rings. The van der Waals surface area contributed by atoms with E-state index in [0.29, 0.717) is 6.61 Å². The lowest BCUT2D eigenvalue weighted by atomic mass is 9.91. The quantitative estimate of drug-likeness (QED) is 0.609. The molecule has 0 aliphatic rings.